The molecule has 2 aromatic heterocycles. The molecule has 0 radical (unpaired) electrons. The number of hydrogen-bond acceptors (Lipinski definition) is 6. The smallest absolute Gasteiger partial charge is 0.373 e. The van der Waals surface area contributed by atoms with E-state index in [1.807, 2.05) is 0 Å². The fourth-order valence-electron chi connectivity index (χ4n) is 2.90. The van der Waals surface area contributed by atoms with Crippen molar-refractivity contribution in [2.75, 3.05) is 7.11 Å². The first-order valence-corrected chi connectivity index (χ1v) is 8.94. The summed E-state index contributed by atoms with van der Waals surface area (Å²) in [6.07, 6.45) is 7.62. The molecule has 0 unspecified atom stereocenters. The van der Waals surface area contributed by atoms with Crippen LogP contribution in [0, 0.1) is 5.92 Å². The van der Waals surface area contributed by atoms with Crippen LogP contribution in [0.4, 0.5) is 0 Å². The first-order valence-electron chi connectivity index (χ1n) is 7.95. The highest BCUT2D eigenvalue weighted by molar-refractivity contribution is 7.98. The molecule has 23 heavy (non-hydrogen) atoms. The molecule has 6 nitrogen and oxygen atoms in total. The third-order valence-corrected chi connectivity index (χ3v) is 5.04. The molecule has 124 valence electrons. The van der Waals surface area contributed by atoms with Crippen LogP contribution >= 0.6 is 11.8 Å². The van der Waals surface area contributed by atoms with E-state index in [1.54, 1.807) is 12.1 Å². The van der Waals surface area contributed by atoms with Crippen LogP contribution in [0.5, 0.6) is 0 Å². The number of nitrogens with one attached hydrogen (secondary N) is 1. The molecule has 0 aromatic carbocycles. The average molecular weight is 335 g/mol. The van der Waals surface area contributed by atoms with Gasteiger partial charge in [0.15, 0.2) is 0 Å². The number of rotatable bonds is 7. The summed E-state index contributed by atoms with van der Waals surface area (Å²) in [6, 6.07) is 3.39. The molecule has 0 saturated heterocycles. The molecule has 0 bridgehead atoms. The number of thioether (sulfide) groups is 1. The van der Waals surface area contributed by atoms with Gasteiger partial charge in [-0.1, -0.05) is 37.4 Å². The molecular formula is C16H21N3O3S. The molecule has 1 fully saturated rings. The molecule has 7 heteroatoms. The molecule has 1 aliphatic rings. The lowest BCUT2D eigenvalue weighted by molar-refractivity contribution is 0.0563. The SMILES string of the molecule is COC(=O)c1ccc(CSc2n[nH]c(CCC3CCCC3)n2)o1. The third-order valence-electron chi connectivity index (χ3n) is 4.17. The van der Waals surface area contributed by atoms with E-state index in [0.29, 0.717) is 16.7 Å². The van der Waals surface area contributed by atoms with Gasteiger partial charge in [0.05, 0.1) is 12.9 Å². The van der Waals surface area contributed by atoms with Crippen LogP contribution in [0.3, 0.4) is 0 Å². The van der Waals surface area contributed by atoms with E-state index < -0.39 is 5.97 Å². The van der Waals surface area contributed by atoms with Crippen LogP contribution in [0.25, 0.3) is 0 Å². The average Bonchev–Trinajstić information content (AvgIpc) is 3.31. The Kier molecular flexibility index (Phi) is 5.38. The molecular weight excluding hydrogens is 314 g/mol. The zero-order valence-corrected chi connectivity index (χ0v) is 14.0. The summed E-state index contributed by atoms with van der Waals surface area (Å²) in [6.45, 7) is 0. The summed E-state index contributed by atoms with van der Waals surface area (Å²) >= 11 is 1.49. The Balaban J connectivity index is 1.46. The van der Waals surface area contributed by atoms with Crippen molar-refractivity contribution in [2.24, 2.45) is 5.92 Å². The highest BCUT2D eigenvalue weighted by Crippen LogP contribution is 2.28. The molecule has 1 aliphatic carbocycles. The molecule has 0 atom stereocenters. The van der Waals surface area contributed by atoms with Gasteiger partial charge in [-0.3, -0.25) is 5.10 Å². The van der Waals surface area contributed by atoms with Gasteiger partial charge in [-0.25, -0.2) is 9.78 Å². The first kappa shape index (κ1) is 16.1. The van der Waals surface area contributed by atoms with Crippen molar-refractivity contribution in [3.8, 4) is 0 Å². The predicted octanol–water partition coefficient (Wildman–Crippen LogP) is 3.60. The second-order valence-electron chi connectivity index (χ2n) is 5.80. The second-order valence-corrected chi connectivity index (χ2v) is 6.74. The maximum Gasteiger partial charge on any atom is 0.373 e. The van der Waals surface area contributed by atoms with Crippen molar-refractivity contribution >= 4 is 17.7 Å². The number of furan rings is 1. The topological polar surface area (TPSA) is 81.0 Å². The van der Waals surface area contributed by atoms with Crippen molar-refractivity contribution in [3.05, 3.63) is 29.5 Å². The Morgan fingerprint density at radius 1 is 1.43 bits per heavy atom. The number of aromatic amines is 1. The lowest BCUT2D eigenvalue weighted by Crippen LogP contribution is -1.98. The number of carbonyl (C=O) groups is 1. The number of carbonyl (C=O) groups excluding carboxylic acids is 1. The maximum atomic E-state index is 11.3. The van der Waals surface area contributed by atoms with Gasteiger partial charge in [0.2, 0.25) is 10.9 Å². The number of aryl methyl sites for hydroxylation is 1. The van der Waals surface area contributed by atoms with Crippen molar-refractivity contribution in [2.45, 2.75) is 49.4 Å². The van der Waals surface area contributed by atoms with Crippen molar-refractivity contribution in [3.63, 3.8) is 0 Å². The van der Waals surface area contributed by atoms with Gasteiger partial charge < -0.3 is 9.15 Å². The van der Waals surface area contributed by atoms with Crippen molar-refractivity contribution in [1.29, 1.82) is 0 Å². The minimum atomic E-state index is -0.464. The summed E-state index contributed by atoms with van der Waals surface area (Å²) in [7, 11) is 1.33. The summed E-state index contributed by atoms with van der Waals surface area (Å²) in [5.41, 5.74) is 0. The number of nitrogens with zero attached hydrogens (tertiary/aromatic N) is 2. The summed E-state index contributed by atoms with van der Waals surface area (Å²) < 4.78 is 10.0. The molecule has 1 N–H and O–H groups in total. The van der Waals surface area contributed by atoms with Gasteiger partial charge in [0, 0.05) is 6.42 Å². The summed E-state index contributed by atoms with van der Waals surface area (Å²) in [5, 5.41) is 7.95. The summed E-state index contributed by atoms with van der Waals surface area (Å²) in [5.74, 6) is 2.85. The zero-order chi connectivity index (χ0) is 16.1. The molecule has 0 spiro atoms. The van der Waals surface area contributed by atoms with Gasteiger partial charge in [-0.2, -0.15) is 0 Å². The minimum Gasteiger partial charge on any atom is -0.463 e. The Bertz CT molecular complexity index is 647. The summed E-state index contributed by atoms with van der Waals surface area (Å²) in [4.78, 5) is 15.8. The largest absolute Gasteiger partial charge is 0.463 e. The Morgan fingerprint density at radius 3 is 3.04 bits per heavy atom. The van der Waals surface area contributed by atoms with Crippen LogP contribution in [-0.4, -0.2) is 28.3 Å². The predicted molar refractivity (Wildman–Crippen MR) is 86.3 cm³/mol. The second kappa shape index (κ2) is 7.68. The first-order chi connectivity index (χ1) is 11.2. The van der Waals surface area contributed by atoms with E-state index in [9.17, 15) is 4.79 Å². The maximum absolute atomic E-state index is 11.3. The molecule has 3 rings (SSSR count). The quantitative estimate of drug-likeness (QED) is 0.615. The Hall–Kier alpha value is -1.76. The molecule has 0 amide bonds. The monoisotopic (exact) mass is 335 g/mol. The number of ether oxygens (including phenoxy) is 1. The van der Waals surface area contributed by atoms with E-state index in [4.69, 9.17) is 4.42 Å². The van der Waals surface area contributed by atoms with Gasteiger partial charge in [0.1, 0.15) is 11.6 Å². The van der Waals surface area contributed by atoms with E-state index in [2.05, 4.69) is 19.9 Å². The van der Waals surface area contributed by atoms with Gasteiger partial charge >= 0.3 is 5.97 Å². The van der Waals surface area contributed by atoms with E-state index in [0.717, 1.165) is 18.2 Å². The van der Waals surface area contributed by atoms with Gasteiger partial charge in [0.25, 0.3) is 0 Å². The highest BCUT2D eigenvalue weighted by atomic mass is 32.2. The molecule has 2 aromatic rings. The lowest BCUT2D eigenvalue weighted by Gasteiger charge is -2.05. The van der Waals surface area contributed by atoms with Crippen LogP contribution in [0.15, 0.2) is 21.7 Å². The number of methoxy groups -OCH3 is 1. The normalized spacial score (nSPS) is 15.2. The van der Waals surface area contributed by atoms with E-state index >= 15 is 0 Å². The fourth-order valence-corrected chi connectivity index (χ4v) is 3.61. The molecule has 1 saturated carbocycles. The number of aromatic nitrogens is 3. The van der Waals surface area contributed by atoms with E-state index in [-0.39, 0.29) is 5.76 Å². The van der Waals surface area contributed by atoms with Crippen LogP contribution < -0.4 is 0 Å². The Labute approximate surface area is 139 Å². The third kappa shape index (κ3) is 4.37. The molecule has 2 heterocycles. The molecule has 0 aliphatic heterocycles. The number of H-pyrrole nitrogens is 1. The van der Waals surface area contributed by atoms with Crippen molar-refractivity contribution < 1.29 is 13.9 Å². The van der Waals surface area contributed by atoms with E-state index in [1.165, 1.54) is 51.0 Å². The number of esters is 1. The lowest BCUT2D eigenvalue weighted by atomic mass is 10.0. The standard InChI is InChI=1S/C16H21N3O3S/c1-21-15(20)13-8-7-12(22-13)10-23-16-17-14(18-19-16)9-6-11-4-2-3-5-11/h7-8,11H,2-6,9-10H2,1H3,(H,17,18,19). The Morgan fingerprint density at radius 2 is 2.26 bits per heavy atom. The van der Waals surface area contributed by atoms with Crippen LogP contribution in [-0.2, 0) is 16.9 Å². The van der Waals surface area contributed by atoms with Gasteiger partial charge in [-0.05, 0) is 24.5 Å². The highest BCUT2D eigenvalue weighted by Gasteiger charge is 2.16. The zero-order valence-electron chi connectivity index (χ0n) is 13.2. The fraction of sp³-hybridized carbons (Fsp3) is 0.562. The van der Waals surface area contributed by atoms with Crippen LogP contribution in [0.1, 0.15) is 54.2 Å². The van der Waals surface area contributed by atoms with Crippen molar-refractivity contribution in [1.82, 2.24) is 15.2 Å². The minimum absolute atomic E-state index is 0.218. The van der Waals surface area contributed by atoms with Gasteiger partial charge in [-0.15, -0.1) is 5.10 Å². The van der Waals surface area contributed by atoms with Crippen LogP contribution in [0.2, 0.25) is 0 Å². The number of hydrogen-bond donors (Lipinski definition) is 1.